The maximum absolute atomic E-state index is 11.7. The summed E-state index contributed by atoms with van der Waals surface area (Å²) in [6.45, 7) is 2.05. The van der Waals surface area contributed by atoms with Crippen LogP contribution in [0.3, 0.4) is 0 Å². The van der Waals surface area contributed by atoms with E-state index in [1.165, 1.54) is 5.56 Å². The molecule has 0 bridgehead atoms. The molecule has 0 aliphatic carbocycles. The van der Waals surface area contributed by atoms with Crippen molar-refractivity contribution in [2.24, 2.45) is 0 Å². The largest absolute Gasteiger partial charge is 0.322 e. The van der Waals surface area contributed by atoms with E-state index in [0.29, 0.717) is 0 Å². The molecule has 1 N–H and O–H groups in total. The number of rotatable bonds is 3. The lowest BCUT2D eigenvalue weighted by atomic mass is 10.2. The zero-order chi connectivity index (χ0) is 13.0. The van der Waals surface area contributed by atoms with Gasteiger partial charge in [0.25, 0.3) is 0 Å². The van der Waals surface area contributed by atoms with Crippen LogP contribution in [-0.4, -0.2) is 5.91 Å². The maximum atomic E-state index is 11.7. The van der Waals surface area contributed by atoms with E-state index in [9.17, 15) is 4.79 Å². The molecular weight excluding hydrogens is 357 g/mol. The second kappa shape index (κ2) is 6.15. The van der Waals surface area contributed by atoms with E-state index in [1.54, 1.807) is 17.4 Å². The van der Waals surface area contributed by atoms with Crippen molar-refractivity contribution in [3.63, 3.8) is 0 Å². The first kappa shape index (κ1) is 13.3. The SMILES string of the molecule is Cc1ccc(NC(=O)/C=C/c2cccs2)cc1I. The summed E-state index contributed by atoms with van der Waals surface area (Å²) in [5.74, 6) is -0.108. The molecule has 1 aromatic carbocycles. The van der Waals surface area contributed by atoms with Crippen LogP contribution in [0.15, 0.2) is 41.8 Å². The summed E-state index contributed by atoms with van der Waals surface area (Å²) in [5, 5.41) is 4.83. The molecule has 4 heteroatoms. The van der Waals surface area contributed by atoms with Crippen molar-refractivity contribution < 1.29 is 4.79 Å². The smallest absolute Gasteiger partial charge is 0.248 e. The van der Waals surface area contributed by atoms with Crippen LogP contribution in [0, 0.1) is 10.5 Å². The minimum atomic E-state index is -0.108. The Labute approximate surface area is 124 Å². The molecule has 0 atom stereocenters. The molecule has 0 aliphatic rings. The molecule has 0 unspecified atom stereocenters. The third-order valence-electron chi connectivity index (χ3n) is 2.38. The summed E-state index contributed by atoms with van der Waals surface area (Å²) in [7, 11) is 0. The standard InChI is InChI=1S/C14H12INOS/c1-10-4-5-11(9-13(10)15)16-14(17)7-6-12-3-2-8-18-12/h2-9H,1H3,(H,16,17)/b7-6+. The Morgan fingerprint density at radius 2 is 2.22 bits per heavy atom. The molecule has 0 saturated carbocycles. The molecular formula is C14H12INOS. The van der Waals surface area contributed by atoms with Gasteiger partial charge in [0.05, 0.1) is 0 Å². The number of halogens is 1. The van der Waals surface area contributed by atoms with Crippen molar-refractivity contribution in [3.05, 3.63) is 55.8 Å². The molecule has 2 nitrogen and oxygen atoms in total. The first-order valence-corrected chi connectivity index (χ1v) is 7.40. The van der Waals surface area contributed by atoms with Crippen molar-refractivity contribution in [2.45, 2.75) is 6.92 Å². The number of thiophene rings is 1. The van der Waals surface area contributed by atoms with E-state index in [2.05, 4.69) is 27.9 Å². The first-order valence-electron chi connectivity index (χ1n) is 5.44. The minimum absolute atomic E-state index is 0.108. The number of nitrogens with one attached hydrogen (secondary N) is 1. The Bertz CT molecular complexity index is 575. The summed E-state index contributed by atoms with van der Waals surface area (Å²) < 4.78 is 1.15. The highest BCUT2D eigenvalue weighted by atomic mass is 127. The summed E-state index contributed by atoms with van der Waals surface area (Å²) in [6.07, 6.45) is 3.37. The highest BCUT2D eigenvalue weighted by Crippen LogP contribution is 2.17. The lowest BCUT2D eigenvalue weighted by molar-refractivity contribution is -0.111. The number of anilines is 1. The van der Waals surface area contributed by atoms with Gasteiger partial charge in [-0.3, -0.25) is 4.79 Å². The number of benzene rings is 1. The van der Waals surface area contributed by atoms with Crippen molar-refractivity contribution in [3.8, 4) is 0 Å². The van der Waals surface area contributed by atoms with Gasteiger partial charge in [-0.05, 0) is 64.7 Å². The van der Waals surface area contributed by atoms with Gasteiger partial charge in [-0.2, -0.15) is 0 Å². The van der Waals surface area contributed by atoms with Crippen LogP contribution in [0.2, 0.25) is 0 Å². The second-order valence-corrected chi connectivity index (χ2v) is 5.94. The van der Waals surface area contributed by atoms with Crippen LogP contribution in [0.25, 0.3) is 6.08 Å². The Morgan fingerprint density at radius 3 is 2.89 bits per heavy atom. The summed E-state index contributed by atoms with van der Waals surface area (Å²) in [4.78, 5) is 12.8. The van der Waals surface area contributed by atoms with E-state index in [0.717, 1.165) is 14.1 Å². The molecule has 1 aromatic heterocycles. The lowest BCUT2D eigenvalue weighted by Crippen LogP contribution is -2.07. The molecule has 1 amide bonds. The quantitative estimate of drug-likeness (QED) is 0.634. The average Bonchev–Trinajstić information content (AvgIpc) is 2.84. The van der Waals surface area contributed by atoms with Crippen molar-refractivity contribution in [2.75, 3.05) is 5.32 Å². The monoisotopic (exact) mass is 369 g/mol. The fourth-order valence-electron chi connectivity index (χ4n) is 1.40. The van der Waals surface area contributed by atoms with Gasteiger partial charge in [-0.1, -0.05) is 12.1 Å². The van der Waals surface area contributed by atoms with Crippen molar-refractivity contribution in [1.29, 1.82) is 0 Å². The molecule has 0 fully saturated rings. The third-order valence-corrected chi connectivity index (χ3v) is 4.38. The predicted molar refractivity (Wildman–Crippen MR) is 85.9 cm³/mol. The zero-order valence-corrected chi connectivity index (χ0v) is 12.8. The van der Waals surface area contributed by atoms with Crippen LogP contribution in [0.1, 0.15) is 10.4 Å². The Morgan fingerprint density at radius 1 is 1.39 bits per heavy atom. The van der Waals surface area contributed by atoms with Gasteiger partial charge in [0.1, 0.15) is 0 Å². The molecule has 0 aliphatic heterocycles. The van der Waals surface area contributed by atoms with Crippen LogP contribution in [-0.2, 0) is 4.79 Å². The highest BCUT2D eigenvalue weighted by molar-refractivity contribution is 14.1. The Kier molecular flexibility index (Phi) is 4.54. The summed E-state index contributed by atoms with van der Waals surface area (Å²) in [5.41, 5.74) is 2.04. The molecule has 92 valence electrons. The highest BCUT2D eigenvalue weighted by Gasteiger charge is 2.00. The van der Waals surface area contributed by atoms with Crippen molar-refractivity contribution in [1.82, 2.24) is 0 Å². The van der Waals surface area contributed by atoms with Gasteiger partial charge >= 0.3 is 0 Å². The van der Waals surface area contributed by atoms with E-state index in [-0.39, 0.29) is 5.91 Å². The number of carbonyl (C=O) groups is 1. The van der Waals surface area contributed by atoms with Gasteiger partial charge in [-0.25, -0.2) is 0 Å². The van der Waals surface area contributed by atoms with Gasteiger partial charge in [0.2, 0.25) is 5.91 Å². The molecule has 1 heterocycles. The van der Waals surface area contributed by atoms with Crippen molar-refractivity contribution >= 4 is 51.6 Å². The normalized spacial score (nSPS) is 10.8. The summed E-state index contributed by atoms with van der Waals surface area (Å²) in [6, 6.07) is 9.81. The van der Waals surface area contributed by atoms with E-state index < -0.39 is 0 Å². The topological polar surface area (TPSA) is 29.1 Å². The van der Waals surface area contributed by atoms with Gasteiger partial charge in [-0.15, -0.1) is 11.3 Å². The number of aryl methyl sites for hydroxylation is 1. The lowest BCUT2D eigenvalue weighted by Gasteiger charge is -2.04. The van der Waals surface area contributed by atoms with E-state index >= 15 is 0 Å². The van der Waals surface area contributed by atoms with Crippen LogP contribution in [0.5, 0.6) is 0 Å². The van der Waals surface area contributed by atoms with Crippen LogP contribution >= 0.6 is 33.9 Å². The van der Waals surface area contributed by atoms with Gasteiger partial charge in [0.15, 0.2) is 0 Å². The van der Waals surface area contributed by atoms with Crippen LogP contribution in [0.4, 0.5) is 5.69 Å². The van der Waals surface area contributed by atoms with E-state index in [1.807, 2.05) is 48.7 Å². The molecule has 0 radical (unpaired) electrons. The fourth-order valence-corrected chi connectivity index (χ4v) is 2.53. The molecule has 18 heavy (non-hydrogen) atoms. The average molecular weight is 369 g/mol. The minimum Gasteiger partial charge on any atom is -0.322 e. The molecule has 2 rings (SSSR count). The molecule has 0 spiro atoms. The van der Waals surface area contributed by atoms with Crippen LogP contribution < -0.4 is 5.32 Å². The number of hydrogen-bond acceptors (Lipinski definition) is 2. The van der Waals surface area contributed by atoms with Gasteiger partial charge in [0, 0.05) is 20.2 Å². The fraction of sp³-hybridized carbons (Fsp3) is 0.0714. The summed E-state index contributed by atoms with van der Waals surface area (Å²) >= 11 is 3.87. The molecule has 2 aromatic rings. The van der Waals surface area contributed by atoms with E-state index in [4.69, 9.17) is 0 Å². The second-order valence-electron chi connectivity index (χ2n) is 3.80. The Hall–Kier alpha value is -1.14. The zero-order valence-electron chi connectivity index (χ0n) is 9.81. The number of hydrogen-bond donors (Lipinski definition) is 1. The predicted octanol–water partition coefficient (Wildman–Crippen LogP) is 4.31. The first-order chi connectivity index (χ1) is 8.65. The Balaban J connectivity index is 2.01. The maximum Gasteiger partial charge on any atom is 0.248 e. The number of carbonyl (C=O) groups excluding carboxylic acids is 1. The van der Waals surface area contributed by atoms with Gasteiger partial charge < -0.3 is 5.32 Å². The number of amides is 1. The third kappa shape index (κ3) is 3.68. The molecule has 0 saturated heterocycles.